The van der Waals surface area contributed by atoms with Gasteiger partial charge in [-0.25, -0.2) is 14.8 Å². The summed E-state index contributed by atoms with van der Waals surface area (Å²) in [6, 6.07) is 2.57. The van der Waals surface area contributed by atoms with Crippen LogP contribution in [-0.4, -0.2) is 53.2 Å². The highest BCUT2D eigenvalue weighted by atomic mass is 16.6. The third-order valence-corrected chi connectivity index (χ3v) is 4.56. The van der Waals surface area contributed by atoms with E-state index in [1.807, 2.05) is 13.0 Å². The zero-order chi connectivity index (χ0) is 15.7. The molecule has 22 heavy (non-hydrogen) atoms. The van der Waals surface area contributed by atoms with Gasteiger partial charge in [-0.2, -0.15) is 0 Å². The van der Waals surface area contributed by atoms with Crippen molar-refractivity contribution in [3.63, 3.8) is 0 Å². The van der Waals surface area contributed by atoms with Gasteiger partial charge >= 0.3 is 6.09 Å². The first kappa shape index (κ1) is 15.2. The van der Waals surface area contributed by atoms with E-state index in [0.29, 0.717) is 30.9 Å². The minimum Gasteiger partial charge on any atom is -0.447 e. The molecule has 120 valence electrons. The maximum absolute atomic E-state index is 11.7. The maximum atomic E-state index is 11.7. The van der Waals surface area contributed by atoms with Crippen molar-refractivity contribution in [3.05, 3.63) is 17.6 Å². The zero-order valence-electron chi connectivity index (χ0n) is 13.6. The predicted octanol–water partition coefficient (Wildman–Crippen LogP) is 2.33. The third-order valence-electron chi connectivity index (χ3n) is 4.56. The Morgan fingerprint density at radius 3 is 2.55 bits per heavy atom. The summed E-state index contributed by atoms with van der Waals surface area (Å²) < 4.78 is 5.01. The SMILES string of the molecule is Cc1nc(C2CCN(C(C)C)CC2)cc(N2CCOC2=O)n1. The topological polar surface area (TPSA) is 58.6 Å². The quantitative estimate of drug-likeness (QED) is 0.858. The van der Waals surface area contributed by atoms with Gasteiger partial charge in [-0.3, -0.25) is 4.90 Å². The number of anilines is 1. The van der Waals surface area contributed by atoms with Crippen LogP contribution in [0.1, 0.15) is 44.1 Å². The number of aromatic nitrogens is 2. The Morgan fingerprint density at radius 1 is 1.23 bits per heavy atom. The highest BCUT2D eigenvalue weighted by Crippen LogP contribution is 2.29. The minimum absolute atomic E-state index is 0.307. The van der Waals surface area contributed by atoms with E-state index in [2.05, 4.69) is 28.7 Å². The number of nitrogens with zero attached hydrogens (tertiary/aromatic N) is 4. The molecule has 3 rings (SSSR count). The molecule has 2 saturated heterocycles. The molecule has 0 bridgehead atoms. The van der Waals surface area contributed by atoms with E-state index < -0.39 is 0 Å². The molecular weight excluding hydrogens is 280 g/mol. The van der Waals surface area contributed by atoms with Crippen molar-refractivity contribution in [1.82, 2.24) is 14.9 Å². The van der Waals surface area contributed by atoms with Gasteiger partial charge in [-0.1, -0.05) is 0 Å². The number of carbonyl (C=O) groups excluding carboxylic acids is 1. The van der Waals surface area contributed by atoms with Crippen LogP contribution in [0, 0.1) is 6.92 Å². The molecule has 3 heterocycles. The Hall–Kier alpha value is -1.69. The average molecular weight is 304 g/mol. The number of piperidine rings is 1. The molecule has 0 N–H and O–H groups in total. The van der Waals surface area contributed by atoms with Crippen LogP contribution in [0.4, 0.5) is 10.6 Å². The van der Waals surface area contributed by atoms with E-state index in [1.165, 1.54) is 0 Å². The summed E-state index contributed by atoms with van der Waals surface area (Å²) in [4.78, 5) is 24.9. The molecule has 0 radical (unpaired) electrons. The fourth-order valence-electron chi connectivity index (χ4n) is 3.23. The summed E-state index contributed by atoms with van der Waals surface area (Å²) in [5, 5.41) is 0. The van der Waals surface area contributed by atoms with Gasteiger partial charge in [-0.05, 0) is 46.7 Å². The van der Waals surface area contributed by atoms with Crippen molar-refractivity contribution < 1.29 is 9.53 Å². The van der Waals surface area contributed by atoms with Crippen LogP contribution in [0.15, 0.2) is 6.07 Å². The van der Waals surface area contributed by atoms with E-state index >= 15 is 0 Å². The van der Waals surface area contributed by atoms with Crippen molar-refractivity contribution in [2.24, 2.45) is 0 Å². The highest BCUT2D eigenvalue weighted by Gasteiger charge is 2.28. The lowest BCUT2D eigenvalue weighted by Crippen LogP contribution is -2.38. The van der Waals surface area contributed by atoms with E-state index in [9.17, 15) is 4.79 Å². The molecule has 0 spiro atoms. The Morgan fingerprint density at radius 2 is 1.95 bits per heavy atom. The summed E-state index contributed by atoms with van der Waals surface area (Å²) in [6.45, 7) is 9.58. The molecule has 6 nitrogen and oxygen atoms in total. The van der Waals surface area contributed by atoms with Gasteiger partial charge in [-0.15, -0.1) is 0 Å². The molecule has 0 aliphatic carbocycles. The van der Waals surface area contributed by atoms with Gasteiger partial charge in [0.1, 0.15) is 18.2 Å². The predicted molar refractivity (Wildman–Crippen MR) is 84.1 cm³/mol. The van der Waals surface area contributed by atoms with Crippen LogP contribution >= 0.6 is 0 Å². The Kier molecular flexibility index (Phi) is 4.29. The summed E-state index contributed by atoms with van der Waals surface area (Å²) in [7, 11) is 0. The van der Waals surface area contributed by atoms with Crippen LogP contribution in [-0.2, 0) is 4.74 Å². The Labute approximate surface area is 131 Å². The number of hydrogen-bond acceptors (Lipinski definition) is 5. The largest absolute Gasteiger partial charge is 0.447 e. The fraction of sp³-hybridized carbons (Fsp3) is 0.688. The van der Waals surface area contributed by atoms with Gasteiger partial charge in [0.2, 0.25) is 0 Å². The lowest BCUT2D eigenvalue weighted by molar-refractivity contribution is 0.170. The number of ether oxygens (including phenoxy) is 1. The summed E-state index contributed by atoms with van der Waals surface area (Å²) in [6.07, 6.45) is 1.91. The molecule has 0 unspecified atom stereocenters. The highest BCUT2D eigenvalue weighted by molar-refractivity contribution is 5.88. The van der Waals surface area contributed by atoms with Crippen LogP contribution in [0.25, 0.3) is 0 Å². The van der Waals surface area contributed by atoms with Crippen molar-refractivity contribution in [2.45, 2.75) is 45.6 Å². The van der Waals surface area contributed by atoms with Crippen LogP contribution in [0.5, 0.6) is 0 Å². The second-order valence-electron chi connectivity index (χ2n) is 6.37. The number of likely N-dealkylation sites (tertiary alicyclic amines) is 1. The molecule has 2 aliphatic heterocycles. The van der Waals surface area contributed by atoms with Gasteiger partial charge in [0.15, 0.2) is 0 Å². The Bertz CT molecular complexity index is 553. The first-order valence-corrected chi connectivity index (χ1v) is 8.08. The molecule has 0 atom stereocenters. The van der Waals surface area contributed by atoms with Crippen LogP contribution in [0.2, 0.25) is 0 Å². The van der Waals surface area contributed by atoms with Crippen molar-refractivity contribution >= 4 is 11.9 Å². The summed E-state index contributed by atoms with van der Waals surface area (Å²) in [5.41, 5.74) is 1.06. The fourth-order valence-corrected chi connectivity index (χ4v) is 3.23. The summed E-state index contributed by atoms with van der Waals surface area (Å²) in [5.74, 6) is 1.85. The molecule has 1 aromatic heterocycles. The minimum atomic E-state index is -0.307. The molecule has 2 fully saturated rings. The molecule has 6 heteroatoms. The smallest absolute Gasteiger partial charge is 0.415 e. The molecule has 0 saturated carbocycles. The number of cyclic esters (lactones) is 1. The number of carbonyl (C=O) groups is 1. The van der Waals surface area contributed by atoms with Crippen molar-refractivity contribution in [2.75, 3.05) is 31.1 Å². The van der Waals surface area contributed by atoms with Crippen LogP contribution < -0.4 is 4.90 Å². The number of rotatable bonds is 3. The Balaban J connectivity index is 1.77. The average Bonchev–Trinajstić information content (AvgIpc) is 2.93. The van der Waals surface area contributed by atoms with Gasteiger partial charge in [0.05, 0.1) is 6.54 Å². The molecule has 0 aromatic carbocycles. The second kappa shape index (κ2) is 6.20. The van der Waals surface area contributed by atoms with E-state index in [4.69, 9.17) is 4.74 Å². The monoisotopic (exact) mass is 304 g/mol. The second-order valence-corrected chi connectivity index (χ2v) is 6.37. The standard InChI is InChI=1S/C16H24N4O2/c1-11(2)19-6-4-13(5-7-19)14-10-15(18-12(3)17-14)20-8-9-22-16(20)21/h10-11,13H,4-9H2,1-3H3. The van der Waals surface area contributed by atoms with Gasteiger partial charge in [0.25, 0.3) is 0 Å². The summed E-state index contributed by atoms with van der Waals surface area (Å²) >= 11 is 0. The van der Waals surface area contributed by atoms with Crippen molar-refractivity contribution in [3.8, 4) is 0 Å². The van der Waals surface area contributed by atoms with E-state index in [0.717, 1.165) is 37.4 Å². The lowest BCUT2D eigenvalue weighted by Gasteiger charge is -2.34. The van der Waals surface area contributed by atoms with Crippen molar-refractivity contribution in [1.29, 1.82) is 0 Å². The lowest BCUT2D eigenvalue weighted by atomic mass is 9.92. The number of aryl methyl sites for hydroxylation is 1. The maximum Gasteiger partial charge on any atom is 0.415 e. The molecule has 2 aliphatic rings. The molecule has 1 amide bonds. The van der Waals surface area contributed by atoms with E-state index in [1.54, 1.807) is 4.90 Å². The number of hydrogen-bond donors (Lipinski definition) is 0. The van der Waals surface area contributed by atoms with E-state index in [-0.39, 0.29) is 6.09 Å². The first-order chi connectivity index (χ1) is 10.5. The number of amides is 1. The van der Waals surface area contributed by atoms with Gasteiger partial charge < -0.3 is 9.64 Å². The normalized spacial score (nSPS) is 20.7. The van der Waals surface area contributed by atoms with Gasteiger partial charge in [0, 0.05) is 23.7 Å². The third kappa shape index (κ3) is 3.06. The first-order valence-electron chi connectivity index (χ1n) is 8.08. The molecular formula is C16H24N4O2. The molecule has 1 aromatic rings. The van der Waals surface area contributed by atoms with Crippen LogP contribution in [0.3, 0.4) is 0 Å². The zero-order valence-corrected chi connectivity index (χ0v) is 13.6.